The number of ketones is 1. The van der Waals surface area contributed by atoms with Crippen molar-refractivity contribution in [1.29, 1.82) is 0 Å². The van der Waals surface area contributed by atoms with Gasteiger partial charge in [0.1, 0.15) is 0 Å². The number of rotatable bonds is 6. The summed E-state index contributed by atoms with van der Waals surface area (Å²) in [5, 5.41) is 0. The van der Waals surface area contributed by atoms with Crippen LogP contribution in [0.5, 0.6) is 0 Å². The number of ether oxygens (including phenoxy) is 1. The minimum atomic E-state index is -3.50. The topological polar surface area (TPSA) is 66.9 Å². The highest BCUT2D eigenvalue weighted by atomic mass is 32.2. The average Bonchev–Trinajstić information content (AvgIpc) is 2.99. The normalized spacial score (nSPS) is 19.8. The Morgan fingerprint density at radius 3 is 2.38 bits per heavy atom. The van der Waals surface area contributed by atoms with Gasteiger partial charge in [-0.3, -0.25) is 4.79 Å². The van der Waals surface area contributed by atoms with Gasteiger partial charge >= 0.3 is 0 Å². The van der Waals surface area contributed by atoms with Crippen LogP contribution in [0.3, 0.4) is 0 Å². The largest absolute Gasteiger partial charge is 0.379 e. The number of hydrogen-bond donors (Lipinski definition) is 0. The molecule has 0 atom stereocenters. The van der Waals surface area contributed by atoms with E-state index in [9.17, 15) is 13.2 Å². The zero-order chi connectivity index (χ0) is 22.9. The number of hydrogen-bond acceptors (Lipinski definition) is 5. The van der Waals surface area contributed by atoms with Crippen molar-refractivity contribution in [1.82, 2.24) is 4.31 Å². The Balaban J connectivity index is 1.42. The summed E-state index contributed by atoms with van der Waals surface area (Å²) in [7, 11) is -1.50. The Bertz CT molecular complexity index is 1130. The maximum atomic E-state index is 12.8. The lowest BCUT2D eigenvalue weighted by Crippen LogP contribution is -2.40. The lowest BCUT2D eigenvalue weighted by Gasteiger charge is -2.26. The van der Waals surface area contributed by atoms with Crippen LogP contribution in [-0.4, -0.2) is 51.9 Å². The molecule has 0 aromatic heterocycles. The summed E-state index contributed by atoms with van der Waals surface area (Å²) < 4.78 is 32.2. The van der Waals surface area contributed by atoms with Crippen LogP contribution in [0.2, 0.25) is 0 Å². The van der Waals surface area contributed by atoms with Crippen molar-refractivity contribution in [3.63, 3.8) is 0 Å². The highest BCUT2D eigenvalue weighted by molar-refractivity contribution is 7.89. The monoisotopic (exact) mass is 454 g/mol. The maximum absolute atomic E-state index is 12.8. The van der Waals surface area contributed by atoms with Gasteiger partial charge in [-0.05, 0) is 35.7 Å². The van der Waals surface area contributed by atoms with Crippen LogP contribution in [0.1, 0.15) is 31.4 Å². The number of para-hydroxylation sites is 1. The zero-order valence-electron chi connectivity index (χ0n) is 18.9. The minimum absolute atomic E-state index is 0.0674. The Labute approximate surface area is 190 Å². The molecule has 0 N–H and O–H groups in total. The number of carbonyl (C=O) groups is 1. The molecule has 2 aliphatic heterocycles. The Morgan fingerprint density at radius 1 is 1.06 bits per heavy atom. The number of morpholine rings is 1. The van der Waals surface area contributed by atoms with Crippen LogP contribution < -0.4 is 4.90 Å². The molecule has 0 spiro atoms. The number of benzene rings is 2. The summed E-state index contributed by atoms with van der Waals surface area (Å²) in [4.78, 5) is 15.1. The van der Waals surface area contributed by atoms with Gasteiger partial charge in [0.05, 0.1) is 18.1 Å². The SMILES string of the molecule is CN1/C(=C\C(=O)CCc2ccc(S(=O)(=O)N3CCOCC3)cc2)C(C)(C)c2ccccc21. The molecule has 0 radical (unpaired) electrons. The molecule has 32 heavy (non-hydrogen) atoms. The Hall–Kier alpha value is -2.48. The number of aryl methyl sites for hydroxylation is 1. The molecule has 2 aromatic rings. The molecule has 2 heterocycles. The number of carbonyl (C=O) groups excluding carboxylic acids is 1. The molecule has 0 unspecified atom stereocenters. The number of allylic oxidation sites excluding steroid dienone is 2. The summed E-state index contributed by atoms with van der Waals surface area (Å²) >= 11 is 0. The fourth-order valence-corrected chi connectivity index (χ4v) is 5.92. The van der Waals surface area contributed by atoms with Crippen molar-refractivity contribution in [2.24, 2.45) is 0 Å². The first-order valence-electron chi connectivity index (χ1n) is 11.0. The van der Waals surface area contributed by atoms with Gasteiger partial charge < -0.3 is 9.64 Å². The summed E-state index contributed by atoms with van der Waals surface area (Å²) in [6, 6.07) is 15.1. The quantitative estimate of drug-likeness (QED) is 0.625. The fourth-order valence-electron chi connectivity index (χ4n) is 4.52. The second-order valence-electron chi connectivity index (χ2n) is 8.86. The molecular formula is C25H30N2O4S. The second-order valence-corrected chi connectivity index (χ2v) is 10.8. The van der Waals surface area contributed by atoms with E-state index >= 15 is 0 Å². The third-order valence-corrected chi connectivity index (χ3v) is 8.34. The highest BCUT2D eigenvalue weighted by Crippen LogP contribution is 2.46. The van der Waals surface area contributed by atoms with E-state index < -0.39 is 10.0 Å². The van der Waals surface area contributed by atoms with Gasteiger partial charge in [-0.1, -0.05) is 44.2 Å². The molecule has 0 bridgehead atoms. The Kier molecular flexibility index (Phi) is 6.25. The Morgan fingerprint density at radius 2 is 1.72 bits per heavy atom. The van der Waals surface area contributed by atoms with Crippen LogP contribution in [0.15, 0.2) is 65.2 Å². The van der Waals surface area contributed by atoms with Crippen molar-refractivity contribution in [2.45, 2.75) is 37.0 Å². The summed E-state index contributed by atoms with van der Waals surface area (Å²) in [6.07, 6.45) is 2.70. The molecule has 7 heteroatoms. The van der Waals surface area contributed by atoms with Gasteiger partial charge in [-0.15, -0.1) is 0 Å². The van der Waals surface area contributed by atoms with E-state index in [0.29, 0.717) is 39.1 Å². The average molecular weight is 455 g/mol. The van der Waals surface area contributed by atoms with Crippen LogP contribution in [-0.2, 0) is 31.4 Å². The van der Waals surface area contributed by atoms with Gasteiger partial charge in [0.2, 0.25) is 10.0 Å². The van der Waals surface area contributed by atoms with Crippen LogP contribution in [0.25, 0.3) is 0 Å². The maximum Gasteiger partial charge on any atom is 0.243 e. The van der Waals surface area contributed by atoms with E-state index in [4.69, 9.17) is 4.74 Å². The highest BCUT2D eigenvalue weighted by Gasteiger charge is 2.38. The van der Waals surface area contributed by atoms with Crippen molar-refractivity contribution in [3.05, 3.63) is 71.4 Å². The minimum Gasteiger partial charge on any atom is -0.379 e. The lowest BCUT2D eigenvalue weighted by atomic mass is 9.83. The molecule has 0 saturated carbocycles. The molecule has 6 nitrogen and oxygen atoms in total. The molecule has 4 rings (SSSR count). The fraction of sp³-hybridized carbons (Fsp3) is 0.400. The predicted octanol–water partition coefficient (Wildman–Crippen LogP) is 3.52. The van der Waals surface area contributed by atoms with Gasteiger partial charge in [-0.25, -0.2) is 8.42 Å². The molecular weight excluding hydrogens is 424 g/mol. The van der Waals surface area contributed by atoms with Crippen molar-refractivity contribution in [3.8, 4) is 0 Å². The number of likely N-dealkylation sites (N-methyl/N-ethyl adjacent to an activating group) is 1. The molecule has 0 aliphatic carbocycles. The van der Waals surface area contributed by atoms with Crippen molar-refractivity contribution >= 4 is 21.5 Å². The number of anilines is 1. The van der Waals surface area contributed by atoms with E-state index in [2.05, 4.69) is 30.9 Å². The van der Waals surface area contributed by atoms with Gasteiger partial charge in [0, 0.05) is 49.4 Å². The smallest absolute Gasteiger partial charge is 0.243 e. The summed E-state index contributed by atoms with van der Waals surface area (Å²) in [5.74, 6) is 0.0674. The predicted molar refractivity (Wildman–Crippen MR) is 125 cm³/mol. The van der Waals surface area contributed by atoms with Crippen LogP contribution >= 0.6 is 0 Å². The van der Waals surface area contributed by atoms with Crippen LogP contribution in [0, 0.1) is 0 Å². The second kappa shape index (κ2) is 8.81. The van der Waals surface area contributed by atoms with Gasteiger partial charge in [-0.2, -0.15) is 4.31 Å². The molecule has 2 aliphatic rings. The van der Waals surface area contributed by atoms with E-state index in [1.807, 2.05) is 19.2 Å². The van der Waals surface area contributed by atoms with Crippen LogP contribution in [0.4, 0.5) is 5.69 Å². The molecule has 170 valence electrons. The first-order valence-corrected chi connectivity index (χ1v) is 12.4. The summed E-state index contributed by atoms with van der Waals surface area (Å²) in [5.41, 5.74) is 4.07. The van der Waals surface area contributed by atoms with E-state index in [1.54, 1.807) is 30.3 Å². The lowest BCUT2D eigenvalue weighted by molar-refractivity contribution is -0.114. The number of nitrogens with zero attached hydrogens (tertiary/aromatic N) is 2. The summed E-state index contributed by atoms with van der Waals surface area (Å²) in [6.45, 7) is 5.88. The third kappa shape index (κ3) is 4.25. The number of sulfonamides is 1. The standard InChI is InChI=1S/C25H30N2O4S/c1-25(2)22-6-4-5-7-23(22)26(3)24(25)18-20(28)11-8-19-9-12-21(13-10-19)32(29,30)27-14-16-31-17-15-27/h4-7,9-10,12-13,18H,8,11,14-17H2,1-3H3/b24-18-. The van der Waals surface area contributed by atoms with Crippen molar-refractivity contribution < 1.29 is 17.9 Å². The molecule has 1 fully saturated rings. The third-order valence-electron chi connectivity index (χ3n) is 6.43. The van der Waals surface area contributed by atoms with Gasteiger partial charge in [0.25, 0.3) is 0 Å². The molecule has 0 amide bonds. The van der Waals surface area contributed by atoms with E-state index in [1.165, 1.54) is 9.87 Å². The number of fused-ring (bicyclic) bond motifs is 1. The molecule has 1 saturated heterocycles. The van der Waals surface area contributed by atoms with Crippen molar-refractivity contribution in [2.75, 3.05) is 38.3 Å². The van der Waals surface area contributed by atoms with E-state index in [-0.39, 0.29) is 16.1 Å². The zero-order valence-corrected chi connectivity index (χ0v) is 19.7. The van der Waals surface area contributed by atoms with E-state index in [0.717, 1.165) is 16.9 Å². The first-order chi connectivity index (χ1) is 15.2. The molecule has 2 aromatic carbocycles. The first kappa shape index (κ1) is 22.7. The van der Waals surface area contributed by atoms with Gasteiger partial charge in [0.15, 0.2) is 5.78 Å².